The number of anilines is 1. The van der Waals surface area contributed by atoms with Crippen LogP contribution in [0.25, 0.3) is 22.2 Å². The van der Waals surface area contributed by atoms with Crippen molar-refractivity contribution in [1.29, 1.82) is 0 Å². The molecular weight excluding hydrogens is 484 g/mol. The molecule has 184 valence electrons. The molecule has 1 heterocycles. The number of hydrogen-bond donors (Lipinski definition) is 1. The largest absolute Gasteiger partial charge is 0.493 e. The van der Waals surface area contributed by atoms with Crippen molar-refractivity contribution in [2.45, 2.75) is 0 Å². The van der Waals surface area contributed by atoms with E-state index in [1.165, 1.54) is 21.3 Å². The molecule has 1 aromatic heterocycles. The summed E-state index contributed by atoms with van der Waals surface area (Å²) in [5.41, 5.74) is 2.39. The quantitative estimate of drug-likeness (QED) is 0.321. The maximum Gasteiger partial charge on any atom is 0.339 e. The average Bonchev–Trinajstić information content (AvgIpc) is 2.91. The highest BCUT2D eigenvalue weighted by atomic mass is 35.5. The van der Waals surface area contributed by atoms with Crippen LogP contribution in [0, 0.1) is 0 Å². The number of carbonyl (C=O) groups is 2. The molecule has 0 unspecified atom stereocenters. The molecular formula is C27H23ClN2O6. The number of nitrogens with one attached hydrogen (secondary N) is 1. The zero-order valence-electron chi connectivity index (χ0n) is 19.8. The Labute approximate surface area is 212 Å². The summed E-state index contributed by atoms with van der Waals surface area (Å²) in [7, 11) is 4.56. The number of benzene rings is 3. The molecule has 0 radical (unpaired) electrons. The fraction of sp³-hybridized carbons (Fsp3) is 0.148. The van der Waals surface area contributed by atoms with E-state index < -0.39 is 18.5 Å². The van der Waals surface area contributed by atoms with Gasteiger partial charge in [0.25, 0.3) is 5.91 Å². The Morgan fingerprint density at radius 3 is 2.22 bits per heavy atom. The number of carbonyl (C=O) groups excluding carboxylic acids is 2. The first-order valence-corrected chi connectivity index (χ1v) is 11.2. The summed E-state index contributed by atoms with van der Waals surface area (Å²) in [6.45, 7) is -0.486. The molecule has 3 aromatic carbocycles. The van der Waals surface area contributed by atoms with Gasteiger partial charge in [0.05, 0.1) is 48.8 Å². The molecule has 0 saturated heterocycles. The summed E-state index contributed by atoms with van der Waals surface area (Å²) in [5.74, 6) is 0.148. The topological polar surface area (TPSA) is 96.0 Å². The number of ether oxygens (including phenoxy) is 4. The van der Waals surface area contributed by atoms with Crippen LogP contribution in [-0.2, 0) is 9.53 Å². The summed E-state index contributed by atoms with van der Waals surface area (Å²) in [6.07, 6.45) is 0. The minimum atomic E-state index is -0.670. The SMILES string of the molecule is COc1cc(-c2cc(C(=O)OCC(=O)Nc3ccccc3Cl)c3ccccc3n2)cc(OC)c1OC. The third kappa shape index (κ3) is 5.18. The molecule has 0 fully saturated rings. The van der Waals surface area contributed by atoms with E-state index in [0.717, 1.165) is 0 Å². The number of methoxy groups -OCH3 is 3. The molecule has 0 aliphatic carbocycles. The molecule has 9 heteroatoms. The van der Waals surface area contributed by atoms with Crippen LogP contribution in [0.3, 0.4) is 0 Å². The highest BCUT2D eigenvalue weighted by molar-refractivity contribution is 6.33. The zero-order chi connectivity index (χ0) is 25.7. The standard InChI is InChI=1S/C27H23ClN2O6/c1-33-23-12-16(13-24(34-2)26(23)35-3)22-14-18(17-8-4-6-10-20(17)29-22)27(32)36-15-25(31)30-21-11-7-5-9-19(21)28/h4-14H,15H2,1-3H3,(H,30,31). The molecule has 0 spiro atoms. The number of amides is 1. The van der Waals surface area contributed by atoms with Crippen molar-refractivity contribution in [3.05, 3.63) is 77.3 Å². The van der Waals surface area contributed by atoms with Crippen LogP contribution < -0.4 is 19.5 Å². The Morgan fingerprint density at radius 2 is 1.56 bits per heavy atom. The van der Waals surface area contributed by atoms with Gasteiger partial charge in [0, 0.05) is 10.9 Å². The number of hydrogen-bond acceptors (Lipinski definition) is 7. The van der Waals surface area contributed by atoms with E-state index in [1.54, 1.807) is 60.7 Å². The van der Waals surface area contributed by atoms with E-state index in [9.17, 15) is 9.59 Å². The van der Waals surface area contributed by atoms with Crippen LogP contribution in [-0.4, -0.2) is 44.8 Å². The number of nitrogens with zero attached hydrogens (tertiary/aromatic N) is 1. The van der Waals surface area contributed by atoms with E-state index in [0.29, 0.717) is 50.1 Å². The fourth-order valence-electron chi connectivity index (χ4n) is 3.68. The molecule has 4 aromatic rings. The molecule has 1 amide bonds. The van der Waals surface area contributed by atoms with Crippen molar-refractivity contribution in [3.8, 4) is 28.5 Å². The number of pyridine rings is 1. The second kappa shape index (κ2) is 11.0. The lowest BCUT2D eigenvalue weighted by molar-refractivity contribution is -0.119. The van der Waals surface area contributed by atoms with Gasteiger partial charge in [-0.1, -0.05) is 41.9 Å². The summed E-state index contributed by atoms with van der Waals surface area (Å²) in [4.78, 5) is 30.1. The van der Waals surface area contributed by atoms with Gasteiger partial charge in [-0.2, -0.15) is 0 Å². The average molecular weight is 507 g/mol. The number of halogens is 1. The molecule has 36 heavy (non-hydrogen) atoms. The third-order valence-electron chi connectivity index (χ3n) is 5.38. The van der Waals surface area contributed by atoms with Gasteiger partial charge in [-0.25, -0.2) is 9.78 Å². The Kier molecular flexibility index (Phi) is 7.56. The van der Waals surface area contributed by atoms with Gasteiger partial charge in [-0.05, 0) is 36.4 Å². The highest BCUT2D eigenvalue weighted by Gasteiger charge is 2.19. The molecule has 0 saturated carbocycles. The summed E-state index contributed by atoms with van der Waals surface area (Å²) in [6, 6.07) is 19.1. The Morgan fingerprint density at radius 1 is 0.889 bits per heavy atom. The van der Waals surface area contributed by atoms with Crippen LogP contribution in [0.1, 0.15) is 10.4 Å². The molecule has 4 rings (SSSR count). The lowest BCUT2D eigenvalue weighted by Crippen LogP contribution is -2.21. The number of esters is 1. The predicted molar refractivity (Wildman–Crippen MR) is 137 cm³/mol. The van der Waals surface area contributed by atoms with E-state index in [4.69, 9.17) is 35.5 Å². The third-order valence-corrected chi connectivity index (χ3v) is 5.71. The van der Waals surface area contributed by atoms with Gasteiger partial charge in [0.2, 0.25) is 5.75 Å². The van der Waals surface area contributed by atoms with Crippen molar-refractivity contribution in [2.24, 2.45) is 0 Å². The first kappa shape index (κ1) is 24.8. The molecule has 0 aliphatic heterocycles. The first-order chi connectivity index (χ1) is 17.4. The van der Waals surface area contributed by atoms with Crippen molar-refractivity contribution >= 4 is 40.1 Å². The van der Waals surface area contributed by atoms with Gasteiger partial charge in [0.15, 0.2) is 18.1 Å². The summed E-state index contributed by atoms with van der Waals surface area (Å²) in [5, 5.41) is 3.60. The molecule has 0 bridgehead atoms. The zero-order valence-corrected chi connectivity index (χ0v) is 20.6. The summed E-state index contributed by atoms with van der Waals surface area (Å²) >= 11 is 6.07. The van der Waals surface area contributed by atoms with Gasteiger partial charge < -0.3 is 24.3 Å². The number of aromatic nitrogens is 1. The van der Waals surface area contributed by atoms with Crippen molar-refractivity contribution in [2.75, 3.05) is 33.3 Å². The monoisotopic (exact) mass is 506 g/mol. The van der Waals surface area contributed by atoms with Gasteiger partial charge in [0.1, 0.15) is 0 Å². The molecule has 1 N–H and O–H groups in total. The van der Waals surface area contributed by atoms with Crippen LogP contribution in [0.2, 0.25) is 5.02 Å². The van der Waals surface area contributed by atoms with Crippen molar-refractivity contribution in [1.82, 2.24) is 4.98 Å². The maximum atomic E-state index is 13.1. The fourth-order valence-corrected chi connectivity index (χ4v) is 3.86. The molecule has 8 nitrogen and oxygen atoms in total. The minimum Gasteiger partial charge on any atom is -0.493 e. The highest BCUT2D eigenvalue weighted by Crippen LogP contribution is 2.41. The number of rotatable bonds is 8. The van der Waals surface area contributed by atoms with E-state index in [-0.39, 0.29) is 5.56 Å². The number of fused-ring (bicyclic) bond motifs is 1. The predicted octanol–water partition coefficient (Wildman–Crippen LogP) is 5.38. The Hall–Kier alpha value is -4.30. The normalized spacial score (nSPS) is 10.6. The van der Waals surface area contributed by atoms with Gasteiger partial charge >= 0.3 is 5.97 Å². The van der Waals surface area contributed by atoms with Crippen LogP contribution in [0.5, 0.6) is 17.2 Å². The Balaban J connectivity index is 1.66. The van der Waals surface area contributed by atoms with Gasteiger partial charge in [-0.15, -0.1) is 0 Å². The van der Waals surface area contributed by atoms with E-state index in [1.807, 2.05) is 6.07 Å². The lowest BCUT2D eigenvalue weighted by atomic mass is 10.0. The second-order valence-electron chi connectivity index (χ2n) is 7.59. The van der Waals surface area contributed by atoms with Crippen LogP contribution >= 0.6 is 11.6 Å². The minimum absolute atomic E-state index is 0.259. The van der Waals surface area contributed by atoms with Gasteiger partial charge in [-0.3, -0.25) is 4.79 Å². The van der Waals surface area contributed by atoms with Crippen molar-refractivity contribution < 1.29 is 28.5 Å². The first-order valence-electron chi connectivity index (χ1n) is 10.9. The summed E-state index contributed by atoms with van der Waals surface area (Å²) < 4.78 is 21.6. The lowest BCUT2D eigenvalue weighted by Gasteiger charge is -2.15. The van der Waals surface area contributed by atoms with E-state index >= 15 is 0 Å². The van der Waals surface area contributed by atoms with Crippen LogP contribution in [0.15, 0.2) is 66.7 Å². The molecule has 0 aliphatic rings. The maximum absolute atomic E-state index is 13.1. The molecule has 0 atom stereocenters. The number of para-hydroxylation sites is 2. The Bertz CT molecular complexity index is 1410. The smallest absolute Gasteiger partial charge is 0.339 e. The van der Waals surface area contributed by atoms with Crippen LogP contribution in [0.4, 0.5) is 5.69 Å². The van der Waals surface area contributed by atoms with Crippen molar-refractivity contribution in [3.63, 3.8) is 0 Å². The second-order valence-corrected chi connectivity index (χ2v) is 8.00. The van der Waals surface area contributed by atoms with E-state index in [2.05, 4.69) is 5.32 Å².